The molecule has 1 aliphatic rings. The molecular weight excluding hydrogens is 462 g/mol. The molecule has 9 nitrogen and oxygen atoms in total. The Balaban J connectivity index is 1.27. The Bertz CT molecular complexity index is 1200. The smallest absolute Gasteiger partial charge is 0.270 e. The Labute approximate surface area is 209 Å². The van der Waals surface area contributed by atoms with Crippen molar-refractivity contribution in [1.82, 2.24) is 25.2 Å². The first-order chi connectivity index (χ1) is 16.9. The Morgan fingerprint density at radius 2 is 2.14 bits per heavy atom. The number of ether oxygens (including phenoxy) is 1. The molecule has 0 unspecified atom stereocenters. The molecule has 1 amide bonds. The predicted octanol–water partition coefficient (Wildman–Crippen LogP) is 3.48. The maximum absolute atomic E-state index is 12.7. The number of pyridine rings is 2. The predicted molar refractivity (Wildman–Crippen MR) is 135 cm³/mol. The second kappa shape index (κ2) is 11.3. The Morgan fingerprint density at radius 3 is 2.83 bits per heavy atom. The lowest BCUT2D eigenvalue weighted by Gasteiger charge is -2.31. The van der Waals surface area contributed by atoms with Crippen LogP contribution < -0.4 is 15.8 Å². The number of hydrogen-bond acceptors (Lipinski definition) is 9. The number of nitrogens with two attached hydrogens (primary N) is 1. The van der Waals surface area contributed by atoms with Crippen molar-refractivity contribution in [3.8, 4) is 22.7 Å². The number of piperidine rings is 1. The molecule has 0 aromatic carbocycles. The van der Waals surface area contributed by atoms with Crippen LogP contribution in [0, 0.1) is 17.2 Å². The summed E-state index contributed by atoms with van der Waals surface area (Å²) in [6.07, 6.45) is 5.52. The molecule has 0 atom stereocenters. The first kappa shape index (κ1) is 24.6. The average Bonchev–Trinajstić information content (AvgIpc) is 3.32. The lowest BCUT2D eigenvalue weighted by Crippen LogP contribution is -2.38. The van der Waals surface area contributed by atoms with Gasteiger partial charge in [0.15, 0.2) is 0 Å². The fraction of sp³-hybridized carbons (Fsp3) is 0.400. The van der Waals surface area contributed by atoms with Crippen molar-refractivity contribution in [2.45, 2.75) is 39.3 Å². The van der Waals surface area contributed by atoms with Crippen molar-refractivity contribution >= 4 is 22.9 Å². The zero-order chi connectivity index (χ0) is 24.8. The number of rotatable bonds is 8. The summed E-state index contributed by atoms with van der Waals surface area (Å²) in [5.74, 6) is 0.169. The largest absolute Gasteiger partial charge is 0.474 e. The van der Waals surface area contributed by atoms with Gasteiger partial charge in [-0.1, -0.05) is 6.07 Å². The van der Waals surface area contributed by atoms with E-state index in [1.165, 1.54) is 10.9 Å². The highest BCUT2D eigenvalue weighted by Crippen LogP contribution is 2.26. The van der Waals surface area contributed by atoms with E-state index in [1.54, 1.807) is 17.5 Å². The first-order valence-electron chi connectivity index (χ1n) is 11.7. The van der Waals surface area contributed by atoms with Crippen molar-refractivity contribution in [3.63, 3.8) is 0 Å². The summed E-state index contributed by atoms with van der Waals surface area (Å²) in [6.45, 7) is 7.02. The van der Waals surface area contributed by atoms with Crippen molar-refractivity contribution in [1.29, 1.82) is 5.26 Å². The molecule has 1 fully saturated rings. The highest BCUT2D eigenvalue weighted by atomic mass is 32.1. The molecule has 0 bridgehead atoms. The van der Waals surface area contributed by atoms with E-state index in [0.717, 1.165) is 43.2 Å². The summed E-state index contributed by atoms with van der Waals surface area (Å²) in [5.41, 5.74) is 7.36. The number of nitrogens with one attached hydrogen (secondary N) is 1. The summed E-state index contributed by atoms with van der Waals surface area (Å²) in [7, 11) is 0. The van der Waals surface area contributed by atoms with Crippen LogP contribution >= 0.6 is 11.3 Å². The van der Waals surface area contributed by atoms with Gasteiger partial charge in [-0.2, -0.15) is 5.26 Å². The number of amides is 1. The number of carbonyl (C=O) groups excluding carboxylic acids is 1. The van der Waals surface area contributed by atoms with Gasteiger partial charge in [-0.15, -0.1) is 11.3 Å². The molecule has 3 aromatic heterocycles. The number of aromatic nitrogens is 3. The van der Waals surface area contributed by atoms with Crippen LogP contribution in [0.1, 0.15) is 47.6 Å². The van der Waals surface area contributed by atoms with Crippen LogP contribution in [0.4, 0.5) is 5.69 Å². The molecule has 0 radical (unpaired) electrons. The van der Waals surface area contributed by atoms with E-state index in [2.05, 4.69) is 25.2 Å². The molecule has 4 heterocycles. The minimum absolute atomic E-state index is 0.0928. The van der Waals surface area contributed by atoms with Gasteiger partial charge in [0.1, 0.15) is 22.3 Å². The van der Waals surface area contributed by atoms with E-state index in [0.29, 0.717) is 12.5 Å². The first-order valence-corrected chi connectivity index (χ1v) is 12.5. The molecule has 10 heteroatoms. The van der Waals surface area contributed by atoms with Crippen LogP contribution in [-0.4, -0.2) is 51.5 Å². The molecule has 182 valence electrons. The fourth-order valence-corrected chi connectivity index (χ4v) is 4.89. The van der Waals surface area contributed by atoms with Crippen LogP contribution in [0.5, 0.6) is 5.88 Å². The van der Waals surface area contributed by atoms with Gasteiger partial charge in [-0.05, 0) is 63.9 Å². The molecule has 0 saturated carbocycles. The monoisotopic (exact) mass is 491 g/mol. The van der Waals surface area contributed by atoms with E-state index >= 15 is 0 Å². The fourth-order valence-electron chi connectivity index (χ4n) is 3.96. The van der Waals surface area contributed by atoms with Crippen LogP contribution in [-0.2, 0) is 6.54 Å². The third kappa shape index (κ3) is 6.32. The second-order valence-corrected chi connectivity index (χ2v) is 9.95. The number of likely N-dealkylation sites (tertiary alicyclic amines) is 1. The summed E-state index contributed by atoms with van der Waals surface area (Å²) in [4.78, 5) is 29.5. The normalized spacial score (nSPS) is 14.6. The minimum Gasteiger partial charge on any atom is -0.474 e. The van der Waals surface area contributed by atoms with E-state index in [4.69, 9.17) is 10.5 Å². The van der Waals surface area contributed by atoms with E-state index < -0.39 is 0 Å². The van der Waals surface area contributed by atoms with Gasteiger partial charge in [0, 0.05) is 30.4 Å². The van der Waals surface area contributed by atoms with Crippen LogP contribution in [0.2, 0.25) is 0 Å². The molecule has 0 aliphatic carbocycles. The quantitative estimate of drug-likeness (QED) is 0.490. The molecule has 1 aliphatic heterocycles. The van der Waals surface area contributed by atoms with Crippen molar-refractivity contribution in [3.05, 3.63) is 52.8 Å². The summed E-state index contributed by atoms with van der Waals surface area (Å²) < 4.78 is 5.58. The maximum Gasteiger partial charge on any atom is 0.270 e. The lowest BCUT2D eigenvalue weighted by molar-refractivity contribution is 0.0928. The molecule has 3 aromatic rings. The van der Waals surface area contributed by atoms with Crippen LogP contribution in [0.25, 0.3) is 10.7 Å². The lowest BCUT2D eigenvalue weighted by atomic mass is 9.96. The molecular formula is C25H29N7O2S. The van der Waals surface area contributed by atoms with Gasteiger partial charge in [0.2, 0.25) is 5.88 Å². The number of nitrogens with zero attached hydrogens (tertiary/aromatic N) is 5. The Kier molecular flexibility index (Phi) is 7.90. The van der Waals surface area contributed by atoms with Crippen molar-refractivity contribution < 1.29 is 9.53 Å². The van der Waals surface area contributed by atoms with Gasteiger partial charge >= 0.3 is 0 Å². The van der Waals surface area contributed by atoms with Gasteiger partial charge in [-0.25, -0.2) is 9.97 Å². The third-order valence-corrected chi connectivity index (χ3v) is 6.79. The Hall–Kier alpha value is -3.55. The van der Waals surface area contributed by atoms with E-state index in [1.807, 2.05) is 44.3 Å². The molecule has 3 N–H and O–H groups in total. The second-order valence-electron chi connectivity index (χ2n) is 8.83. The molecule has 4 rings (SSSR count). The SMILES string of the molecule is CC(C)Oc1nc(C(=O)NCC2CCN(Cc3cnc(-c4ccccn4)s3)CC2)cc(N)c1C#N. The zero-order valence-corrected chi connectivity index (χ0v) is 20.7. The van der Waals surface area contributed by atoms with Gasteiger partial charge in [0.25, 0.3) is 5.91 Å². The van der Waals surface area contributed by atoms with Crippen LogP contribution in [0.3, 0.4) is 0 Å². The zero-order valence-electron chi connectivity index (χ0n) is 19.9. The third-order valence-electron chi connectivity index (χ3n) is 5.78. The van der Waals surface area contributed by atoms with E-state index in [-0.39, 0.29) is 34.8 Å². The number of carbonyl (C=O) groups is 1. The highest BCUT2D eigenvalue weighted by Gasteiger charge is 2.22. The topological polar surface area (TPSA) is 130 Å². The molecule has 0 spiro atoms. The maximum atomic E-state index is 12.7. The molecule has 35 heavy (non-hydrogen) atoms. The summed E-state index contributed by atoms with van der Waals surface area (Å²) in [5, 5.41) is 13.2. The summed E-state index contributed by atoms with van der Waals surface area (Å²) in [6, 6.07) is 9.27. The molecule has 1 saturated heterocycles. The average molecular weight is 492 g/mol. The van der Waals surface area contributed by atoms with Gasteiger partial charge in [0.05, 0.1) is 17.5 Å². The van der Waals surface area contributed by atoms with Gasteiger partial charge < -0.3 is 15.8 Å². The number of hydrogen-bond donors (Lipinski definition) is 2. The van der Waals surface area contributed by atoms with E-state index in [9.17, 15) is 10.1 Å². The number of anilines is 1. The van der Waals surface area contributed by atoms with Crippen LogP contribution in [0.15, 0.2) is 36.7 Å². The number of thiazole rings is 1. The highest BCUT2D eigenvalue weighted by molar-refractivity contribution is 7.14. The standard InChI is InChI=1S/C25H29N7O2S/c1-16(2)34-24-19(12-26)20(27)11-22(31-24)23(33)29-13-17-6-9-32(10-7-17)15-18-14-30-25(35-18)21-5-3-4-8-28-21/h3-5,8,11,14,16-17H,6-7,9-10,13,15H2,1-2H3,(H2,27,31)(H,29,33). The minimum atomic E-state index is -0.316. The number of nitriles is 1. The summed E-state index contributed by atoms with van der Waals surface area (Å²) >= 11 is 1.68. The Morgan fingerprint density at radius 1 is 1.34 bits per heavy atom. The van der Waals surface area contributed by atoms with Crippen molar-refractivity contribution in [2.75, 3.05) is 25.4 Å². The van der Waals surface area contributed by atoms with Crippen molar-refractivity contribution in [2.24, 2.45) is 5.92 Å². The van der Waals surface area contributed by atoms with Gasteiger partial charge in [-0.3, -0.25) is 14.7 Å². The number of nitrogen functional groups attached to an aromatic ring is 1.